The number of halogens is 1. The average Bonchev–Trinajstić information content (AvgIpc) is 2.39. The zero-order chi connectivity index (χ0) is 13.7. The van der Waals surface area contributed by atoms with E-state index in [1.165, 1.54) is 13.2 Å². The molecule has 2 rings (SSSR count). The first-order chi connectivity index (χ1) is 9.13. The highest BCUT2D eigenvalue weighted by atomic mass is 19.1. The van der Waals surface area contributed by atoms with E-state index in [2.05, 4.69) is 12.2 Å². The van der Waals surface area contributed by atoms with Crippen molar-refractivity contribution in [1.29, 1.82) is 0 Å². The van der Waals surface area contributed by atoms with Crippen LogP contribution in [0, 0.1) is 11.2 Å². The fraction of sp³-hybridized carbons (Fsp3) is 0.600. The Morgan fingerprint density at radius 3 is 2.74 bits per heavy atom. The second-order valence-electron chi connectivity index (χ2n) is 5.50. The van der Waals surface area contributed by atoms with Crippen LogP contribution < -0.4 is 10.1 Å². The molecule has 1 aromatic rings. The van der Waals surface area contributed by atoms with E-state index in [0.717, 1.165) is 38.2 Å². The van der Waals surface area contributed by atoms with Crippen LogP contribution in [0.4, 0.5) is 4.39 Å². The van der Waals surface area contributed by atoms with Crippen molar-refractivity contribution in [1.82, 2.24) is 5.32 Å². The Labute approximate surface area is 114 Å². The molecule has 1 N–H and O–H groups in total. The highest BCUT2D eigenvalue weighted by Crippen LogP contribution is 2.28. The Morgan fingerprint density at radius 2 is 2.11 bits per heavy atom. The van der Waals surface area contributed by atoms with Crippen LogP contribution in [0.2, 0.25) is 0 Å². The highest BCUT2D eigenvalue weighted by Gasteiger charge is 2.26. The molecule has 4 heteroatoms. The van der Waals surface area contributed by atoms with Crippen LogP contribution in [-0.2, 0) is 11.3 Å². The van der Waals surface area contributed by atoms with Gasteiger partial charge < -0.3 is 14.8 Å². The van der Waals surface area contributed by atoms with Gasteiger partial charge in [0.1, 0.15) is 0 Å². The number of benzene rings is 1. The second kappa shape index (κ2) is 6.35. The van der Waals surface area contributed by atoms with E-state index >= 15 is 0 Å². The molecular weight excluding hydrogens is 245 g/mol. The van der Waals surface area contributed by atoms with Crippen LogP contribution in [0.3, 0.4) is 0 Å². The number of hydrogen-bond acceptors (Lipinski definition) is 3. The van der Waals surface area contributed by atoms with Gasteiger partial charge >= 0.3 is 0 Å². The first-order valence-corrected chi connectivity index (χ1v) is 6.74. The van der Waals surface area contributed by atoms with Crippen molar-refractivity contribution in [3.05, 3.63) is 29.6 Å². The Balaban J connectivity index is 1.83. The maximum atomic E-state index is 13.5. The number of nitrogens with one attached hydrogen (secondary N) is 1. The van der Waals surface area contributed by atoms with Crippen LogP contribution in [0.1, 0.15) is 25.3 Å². The monoisotopic (exact) mass is 267 g/mol. The molecule has 0 unspecified atom stereocenters. The summed E-state index contributed by atoms with van der Waals surface area (Å²) in [7, 11) is 1.47. The van der Waals surface area contributed by atoms with Crippen molar-refractivity contribution in [3.8, 4) is 5.75 Å². The third-order valence-corrected chi connectivity index (χ3v) is 3.80. The van der Waals surface area contributed by atoms with Crippen molar-refractivity contribution in [3.63, 3.8) is 0 Å². The quantitative estimate of drug-likeness (QED) is 0.890. The van der Waals surface area contributed by atoms with E-state index in [1.807, 2.05) is 6.07 Å². The molecule has 1 aliphatic rings. The summed E-state index contributed by atoms with van der Waals surface area (Å²) in [4.78, 5) is 0. The van der Waals surface area contributed by atoms with Gasteiger partial charge in [-0.15, -0.1) is 0 Å². The first-order valence-electron chi connectivity index (χ1n) is 6.74. The lowest BCUT2D eigenvalue weighted by molar-refractivity contribution is 0.0240. The van der Waals surface area contributed by atoms with E-state index in [0.29, 0.717) is 17.7 Å². The lowest BCUT2D eigenvalue weighted by atomic mass is 9.82. The standard InChI is InChI=1S/C15H22FNO2/c1-15(5-7-19-8-6-15)11-17-10-12-3-4-14(18-2)13(16)9-12/h3-4,9,17H,5-8,10-11H2,1-2H3. The van der Waals surface area contributed by atoms with Crippen molar-refractivity contribution >= 4 is 0 Å². The van der Waals surface area contributed by atoms with Gasteiger partial charge in [0.25, 0.3) is 0 Å². The Morgan fingerprint density at radius 1 is 1.37 bits per heavy atom. The van der Waals surface area contributed by atoms with Crippen LogP contribution >= 0.6 is 0 Å². The normalized spacial score (nSPS) is 18.3. The molecule has 1 saturated heterocycles. The third kappa shape index (κ3) is 3.91. The molecule has 19 heavy (non-hydrogen) atoms. The molecule has 0 aromatic heterocycles. The molecule has 1 aromatic carbocycles. The molecule has 106 valence electrons. The van der Waals surface area contributed by atoms with Gasteiger partial charge in [0.15, 0.2) is 11.6 Å². The van der Waals surface area contributed by atoms with Crippen molar-refractivity contribution in [2.75, 3.05) is 26.9 Å². The lowest BCUT2D eigenvalue weighted by Crippen LogP contribution is -2.36. The van der Waals surface area contributed by atoms with E-state index in [-0.39, 0.29) is 5.82 Å². The molecule has 0 radical (unpaired) electrons. The maximum Gasteiger partial charge on any atom is 0.165 e. The van der Waals surface area contributed by atoms with E-state index in [4.69, 9.17) is 9.47 Å². The summed E-state index contributed by atoms with van der Waals surface area (Å²) in [6.07, 6.45) is 2.16. The van der Waals surface area contributed by atoms with E-state index in [1.54, 1.807) is 6.07 Å². The summed E-state index contributed by atoms with van der Waals surface area (Å²) in [6, 6.07) is 5.09. The van der Waals surface area contributed by atoms with Gasteiger partial charge in [-0.2, -0.15) is 0 Å². The summed E-state index contributed by atoms with van der Waals surface area (Å²) in [5, 5.41) is 3.41. The van der Waals surface area contributed by atoms with Gasteiger partial charge in [-0.05, 0) is 36.0 Å². The van der Waals surface area contributed by atoms with Gasteiger partial charge in [0.2, 0.25) is 0 Å². The SMILES string of the molecule is COc1ccc(CNCC2(C)CCOCC2)cc1F. The van der Waals surface area contributed by atoms with Crippen LogP contribution in [0.15, 0.2) is 18.2 Å². The predicted octanol–water partition coefficient (Wildman–Crippen LogP) is 2.74. The minimum absolute atomic E-state index is 0.292. The zero-order valence-electron chi connectivity index (χ0n) is 11.7. The molecule has 1 heterocycles. The van der Waals surface area contributed by atoms with Crippen LogP contribution in [-0.4, -0.2) is 26.9 Å². The Kier molecular flexibility index (Phi) is 4.77. The van der Waals surface area contributed by atoms with Crippen LogP contribution in [0.5, 0.6) is 5.75 Å². The Hall–Kier alpha value is -1.13. The molecule has 0 spiro atoms. The number of ether oxygens (including phenoxy) is 2. The molecule has 0 bridgehead atoms. The zero-order valence-corrected chi connectivity index (χ0v) is 11.7. The van der Waals surface area contributed by atoms with Crippen molar-refractivity contribution in [2.45, 2.75) is 26.3 Å². The average molecular weight is 267 g/mol. The van der Waals surface area contributed by atoms with E-state index < -0.39 is 0 Å². The van der Waals surface area contributed by atoms with Gasteiger partial charge in [-0.3, -0.25) is 0 Å². The van der Waals surface area contributed by atoms with Gasteiger partial charge in [0.05, 0.1) is 7.11 Å². The number of rotatable bonds is 5. The topological polar surface area (TPSA) is 30.5 Å². The minimum atomic E-state index is -0.306. The molecule has 1 aliphatic heterocycles. The van der Waals surface area contributed by atoms with Crippen molar-refractivity contribution in [2.24, 2.45) is 5.41 Å². The largest absolute Gasteiger partial charge is 0.494 e. The summed E-state index contributed by atoms with van der Waals surface area (Å²) in [5.41, 5.74) is 1.23. The van der Waals surface area contributed by atoms with Gasteiger partial charge in [-0.1, -0.05) is 13.0 Å². The van der Waals surface area contributed by atoms with Crippen molar-refractivity contribution < 1.29 is 13.9 Å². The number of hydrogen-bond donors (Lipinski definition) is 1. The molecule has 3 nitrogen and oxygen atoms in total. The predicted molar refractivity (Wildman–Crippen MR) is 72.8 cm³/mol. The van der Waals surface area contributed by atoms with Gasteiger partial charge in [0, 0.05) is 26.3 Å². The highest BCUT2D eigenvalue weighted by molar-refractivity contribution is 5.29. The second-order valence-corrected chi connectivity index (χ2v) is 5.50. The minimum Gasteiger partial charge on any atom is -0.494 e. The molecule has 0 atom stereocenters. The van der Waals surface area contributed by atoms with Crippen LogP contribution in [0.25, 0.3) is 0 Å². The molecule has 0 saturated carbocycles. The summed E-state index contributed by atoms with van der Waals surface area (Å²) in [6.45, 7) is 5.57. The first kappa shape index (κ1) is 14.3. The molecular formula is C15H22FNO2. The molecule has 0 aliphatic carbocycles. The molecule has 0 amide bonds. The number of methoxy groups -OCH3 is 1. The maximum absolute atomic E-state index is 13.5. The Bertz CT molecular complexity index is 417. The summed E-state index contributed by atoms with van der Waals surface area (Å²) < 4.78 is 23.8. The smallest absolute Gasteiger partial charge is 0.165 e. The lowest BCUT2D eigenvalue weighted by Gasteiger charge is -2.33. The molecule has 1 fully saturated rings. The van der Waals surface area contributed by atoms with Gasteiger partial charge in [-0.25, -0.2) is 4.39 Å². The van der Waals surface area contributed by atoms with E-state index in [9.17, 15) is 4.39 Å². The summed E-state index contributed by atoms with van der Waals surface area (Å²) >= 11 is 0. The third-order valence-electron chi connectivity index (χ3n) is 3.80. The fourth-order valence-electron chi connectivity index (χ4n) is 2.37. The summed E-state index contributed by atoms with van der Waals surface area (Å²) in [5.74, 6) is -0.0146. The fourth-order valence-corrected chi connectivity index (χ4v) is 2.37.